The largest absolute Gasteiger partial charge is 0.497 e. The minimum atomic E-state index is 0.397. The third-order valence-corrected chi connectivity index (χ3v) is 4.56. The van der Waals surface area contributed by atoms with Crippen molar-refractivity contribution in [2.45, 2.75) is 44.4 Å². The Morgan fingerprint density at radius 1 is 1.10 bits per heavy atom. The molecule has 1 fully saturated rings. The second kappa shape index (κ2) is 7.53. The van der Waals surface area contributed by atoms with Crippen LogP contribution in [0.5, 0.6) is 11.5 Å². The van der Waals surface area contributed by atoms with Crippen LogP contribution in [-0.2, 0) is 0 Å². The summed E-state index contributed by atoms with van der Waals surface area (Å²) in [6.07, 6.45) is 7.98. The quantitative estimate of drug-likeness (QED) is 0.834. The molecule has 0 heterocycles. The van der Waals surface area contributed by atoms with Gasteiger partial charge < -0.3 is 15.2 Å². The van der Waals surface area contributed by atoms with Gasteiger partial charge in [-0.25, -0.2) is 0 Å². The molecule has 0 radical (unpaired) electrons. The molecule has 1 saturated carbocycles. The minimum Gasteiger partial charge on any atom is -0.497 e. The molecule has 1 aliphatic carbocycles. The van der Waals surface area contributed by atoms with E-state index in [4.69, 9.17) is 15.2 Å². The normalized spacial score (nSPS) is 18.4. The lowest BCUT2D eigenvalue weighted by Crippen LogP contribution is -2.22. The summed E-state index contributed by atoms with van der Waals surface area (Å²) in [6.45, 7) is 0.688. The molecule has 1 unspecified atom stereocenters. The second-order valence-electron chi connectivity index (χ2n) is 5.70. The topological polar surface area (TPSA) is 44.5 Å². The molecule has 112 valence electrons. The Labute approximate surface area is 122 Å². The van der Waals surface area contributed by atoms with E-state index in [9.17, 15) is 0 Å². The van der Waals surface area contributed by atoms with Gasteiger partial charge in [-0.15, -0.1) is 0 Å². The first-order chi connectivity index (χ1) is 9.80. The minimum absolute atomic E-state index is 0.397. The van der Waals surface area contributed by atoms with Crippen molar-refractivity contribution in [3.63, 3.8) is 0 Å². The molecule has 0 bridgehead atoms. The third-order valence-electron chi connectivity index (χ3n) is 4.56. The molecule has 1 aromatic rings. The van der Waals surface area contributed by atoms with Crippen LogP contribution in [0.1, 0.15) is 50.0 Å². The van der Waals surface area contributed by atoms with Gasteiger partial charge in [0, 0.05) is 12.0 Å². The van der Waals surface area contributed by atoms with E-state index < -0.39 is 0 Å². The average molecular weight is 277 g/mol. The van der Waals surface area contributed by atoms with Gasteiger partial charge in [-0.1, -0.05) is 31.7 Å². The highest BCUT2D eigenvalue weighted by molar-refractivity contribution is 5.43. The van der Waals surface area contributed by atoms with Gasteiger partial charge >= 0.3 is 0 Å². The van der Waals surface area contributed by atoms with Gasteiger partial charge in [0.15, 0.2) is 0 Å². The molecular formula is C17H27NO2. The Morgan fingerprint density at radius 2 is 1.80 bits per heavy atom. The first-order valence-electron chi connectivity index (χ1n) is 7.72. The van der Waals surface area contributed by atoms with Crippen molar-refractivity contribution in [3.05, 3.63) is 23.8 Å². The molecule has 3 heteroatoms. The van der Waals surface area contributed by atoms with E-state index in [-0.39, 0.29) is 0 Å². The second-order valence-corrected chi connectivity index (χ2v) is 5.70. The summed E-state index contributed by atoms with van der Waals surface area (Å²) in [5.74, 6) is 2.82. The monoisotopic (exact) mass is 277 g/mol. The number of benzene rings is 1. The van der Waals surface area contributed by atoms with Gasteiger partial charge in [0.2, 0.25) is 0 Å². The van der Waals surface area contributed by atoms with Crippen molar-refractivity contribution >= 4 is 0 Å². The number of ether oxygens (including phenoxy) is 2. The standard InChI is InChI=1S/C17H27NO2/c1-19-14-9-10-15(17(11-14)20-2)16(12-18)13-7-5-3-4-6-8-13/h9-11,13,16H,3-8,12,18H2,1-2H3. The zero-order valence-electron chi connectivity index (χ0n) is 12.7. The summed E-state index contributed by atoms with van der Waals surface area (Å²) in [5.41, 5.74) is 7.33. The number of methoxy groups -OCH3 is 2. The van der Waals surface area contributed by atoms with E-state index in [1.165, 1.54) is 44.1 Å². The molecule has 0 aliphatic heterocycles. The molecule has 2 rings (SSSR count). The third kappa shape index (κ3) is 3.45. The maximum atomic E-state index is 6.09. The van der Waals surface area contributed by atoms with Crippen LogP contribution in [-0.4, -0.2) is 20.8 Å². The summed E-state index contributed by atoms with van der Waals surface area (Å²) in [6, 6.07) is 6.10. The molecule has 0 spiro atoms. The van der Waals surface area contributed by atoms with Crippen molar-refractivity contribution in [1.29, 1.82) is 0 Å². The highest BCUT2D eigenvalue weighted by Crippen LogP contribution is 2.39. The smallest absolute Gasteiger partial charge is 0.126 e. The summed E-state index contributed by atoms with van der Waals surface area (Å²) < 4.78 is 10.8. The Hall–Kier alpha value is -1.22. The highest BCUT2D eigenvalue weighted by atomic mass is 16.5. The van der Waals surface area contributed by atoms with E-state index in [2.05, 4.69) is 6.07 Å². The summed E-state index contributed by atoms with van der Waals surface area (Å²) in [5, 5.41) is 0. The number of nitrogens with two attached hydrogens (primary N) is 1. The lowest BCUT2D eigenvalue weighted by molar-refractivity contribution is 0.353. The fraction of sp³-hybridized carbons (Fsp3) is 0.647. The van der Waals surface area contributed by atoms with Crippen LogP contribution in [0.15, 0.2) is 18.2 Å². The van der Waals surface area contributed by atoms with Gasteiger partial charge in [0.05, 0.1) is 14.2 Å². The maximum Gasteiger partial charge on any atom is 0.126 e. The van der Waals surface area contributed by atoms with Crippen molar-refractivity contribution < 1.29 is 9.47 Å². The molecule has 20 heavy (non-hydrogen) atoms. The van der Waals surface area contributed by atoms with Crippen LogP contribution < -0.4 is 15.2 Å². The Bertz CT molecular complexity index is 411. The van der Waals surface area contributed by atoms with Gasteiger partial charge in [-0.2, -0.15) is 0 Å². The molecule has 1 aliphatic rings. The van der Waals surface area contributed by atoms with Crippen LogP contribution >= 0.6 is 0 Å². The molecule has 3 nitrogen and oxygen atoms in total. The van der Waals surface area contributed by atoms with E-state index in [0.29, 0.717) is 18.4 Å². The predicted octanol–water partition coefficient (Wildman–Crippen LogP) is 3.72. The van der Waals surface area contributed by atoms with Gasteiger partial charge in [0.25, 0.3) is 0 Å². The first kappa shape index (κ1) is 15.2. The van der Waals surface area contributed by atoms with Gasteiger partial charge in [0.1, 0.15) is 11.5 Å². The van der Waals surface area contributed by atoms with Gasteiger partial charge in [-0.05, 0) is 36.9 Å². The van der Waals surface area contributed by atoms with E-state index >= 15 is 0 Å². The molecular weight excluding hydrogens is 250 g/mol. The summed E-state index contributed by atoms with van der Waals surface area (Å²) in [7, 11) is 3.40. The highest BCUT2D eigenvalue weighted by Gasteiger charge is 2.25. The Morgan fingerprint density at radius 3 is 2.35 bits per heavy atom. The fourth-order valence-electron chi connectivity index (χ4n) is 3.41. The van der Waals surface area contributed by atoms with Crippen LogP contribution in [0, 0.1) is 5.92 Å². The van der Waals surface area contributed by atoms with Crippen LogP contribution in [0.3, 0.4) is 0 Å². The lowest BCUT2D eigenvalue weighted by Gasteiger charge is -2.27. The van der Waals surface area contributed by atoms with Crippen molar-refractivity contribution in [3.8, 4) is 11.5 Å². The zero-order valence-corrected chi connectivity index (χ0v) is 12.7. The number of hydrogen-bond acceptors (Lipinski definition) is 3. The lowest BCUT2D eigenvalue weighted by atomic mass is 9.81. The van der Waals surface area contributed by atoms with Crippen molar-refractivity contribution in [2.75, 3.05) is 20.8 Å². The SMILES string of the molecule is COc1ccc(C(CN)C2CCCCCC2)c(OC)c1. The number of rotatable bonds is 5. The molecule has 0 amide bonds. The summed E-state index contributed by atoms with van der Waals surface area (Å²) >= 11 is 0. The van der Waals surface area contributed by atoms with E-state index in [0.717, 1.165) is 11.5 Å². The zero-order chi connectivity index (χ0) is 14.4. The van der Waals surface area contributed by atoms with Crippen LogP contribution in [0.2, 0.25) is 0 Å². The molecule has 1 aromatic carbocycles. The Balaban J connectivity index is 2.25. The Kier molecular flexibility index (Phi) is 5.72. The maximum absolute atomic E-state index is 6.09. The van der Waals surface area contributed by atoms with Crippen molar-refractivity contribution in [2.24, 2.45) is 11.7 Å². The van der Waals surface area contributed by atoms with E-state index in [1.54, 1.807) is 14.2 Å². The molecule has 0 aromatic heterocycles. The molecule has 1 atom stereocenters. The first-order valence-corrected chi connectivity index (χ1v) is 7.72. The van der Waals surface area contributed by atoms with Gasteiger partial charge in [-0.3, -0.25) is 0 Å². The van der Waals surface area contributed by atoms with Crippen LogP contribution in [0.4, 0.5) is 0 Å². The average Bonchev–Trinajstić information content (AvgIpc) is 2.77. The predicted molar refractivity (Wildman–Crippen MR) is 82.5 cm³/mol. The van der Waals surface area contributed by atoms with Crippen molar-refractivity contribution in [1.82, 2.24) is 0 Å². The fourth-order valence-corrected chi connectivity index (χ4v) is 3.41. The summed E-state index contributed by atoms with van der Waals surface area (Å²) in [4.78, 5) is 0. The molecule has 0 saturated heterocycles. The molecule has 2 N–H and O–H groups in total. The van der Waals surface area contributed by atoms with E-state index in [1.807, 2.05) is 12.1 Å². The number of hydrogen-bond donors (Lipinski definition) is 1. The van der Waals surface area contributed by atoms with Crippen LogP contribution in [0.25, 0.3) is 0 Å².